The van der Waals surface area contributed by atoms with Crippen LogP contribution in [0.2, 0.25) is 0 Å². The monoisotopic (exact) mass is 408 g/mol. The Balaban J connectivity index is 1.66. The Labute approximate surface area is 179 Å². The van der Waals surface area contributed by atoms with E-state index in [0.29, 0.717) is 6.42 Å². The van der Waals surface area contributed by atoms with E-state index in [-0.39, 0.29) is 11.8 Å². The molecule has 0 N–H and O–H groups in total. The summed E-state index contributed by atoms with van der Waals surface area (Å²) in [7, 11) is 2.15. The molecule has 7 heteroatoms. The van der Waals surface area contributed by atoms with Gasteiger partial charge in [-0.05, 0) is 44.0 Å². The summed E-state index contributed by atoms with van der Waals surface area (Å²) in [5, 5.41) is 0. The van der Waals surface area contributed by atoms with Crippen molar-refractivity contribution in [2.45, 2.75) is 38.5 Å². The van der Waals surface area contributed by atoms with Crippen LogP contribution in [0.25, 0.3) is 11.1 Å². The van der Waals surface area contributed by atoms with Crippen LogP contribution in [-0.4, -0.2) is 77.0 Å². The van der Waals surface area contributed by atoms with E-state index in [1.54, 1.807) is 0 Å². The van der Waals surface area contributed by atoms with E-state index < -0.39 is 0 Å². The van der Waals surface area contributed by atoms with Crippen LogP contribution in [0.15, 0.2) is 30.7 Å². The standard InChI is InChI=1S/C23H32N6O/c1-3-5-21(30)29-11-4-6-19(17-29)22-20(18-7-9-24-10-8-18)16-25-23(26-22)28-14-12-27(2)13-15-28/h7-10,16,19H,3-6,11-15,17H2,1-2H3/t19-/m0/s1. The van der Waals surface area contributed by atoms with Crippen molar-refractivity contribution in [1.82, 2.24) is 24.8 Å². The summed E-state index contributed by atoms with van der Waals surface area (Å²) in [6, 6.07) is 4.03. The van der Waals surface area contributed by atoms with Gasteiger partial charge in [-0.25, -0.2) is 9.97 Å². The zero-order chi connectivity index (χ0) is 20.9. The molecule has 0 aromatic carbocycles. The van der Waals surface area contributed by atoms with E-state index in [2.05, 4.69) is 28.8 Å². The van der Waals surface area contributed by atoms with Gasteiger partial charge in [0.15, 0.2) is 0 Å². The summed E-state index contributed by atoms with van der Waals surface area (Å²) in [4.78, 5) is 33.2. The normalized spacial score (nSPS) is 20.4. The van der Waals surface area contributed by atoms with Gasteiger partial charge >= 0.3 is 0 Å². The number of nitrogens with zero attached hydrogens (tertiary/aromatic N) is 6. The minimum Gasteiger partial charge on any atom is -0.342 e. The van der Waals surface area contributed by atoms with Crippen LogP contribution >= 0.6 is 0 Å². The molecule has 0 unspecified atom stereocenters. The summed E-state index contributed by atoms with van der Waals surface area (Å²) in [5.74, 6) is 1.31. The van der Waals surface area contributed by atoms with Crippen LogP contribution in [0.4, 0.5) is 5.95 Å². The van der Waals surface area contributed by atoms with Crippen molar-refractivity contribution in [3.05, 3.63) is 36.4 Å². The number of aromatic nitrogens is 3. The van der Waals surface area contributed by atoms with Crippen molar-refractivity contribution in [2.24, 2.45) is 0 Å². The van der Waals surface area contributed by atoms with Gasteiger partial charge < -0.3 is 14.7 Å². The smallest absolute Gasteiger partial charge is 0.225 e. The van der Waals surface area contributed by atoms with Crippen molar-refractivity contribution in [3.63, 3.8) is 0 Å². The third-order valence-corrected chi connectivity index (χ3v) is 6.21. The lowest BCUT2D eigenvalue weighted by Gasteiger charge is -2.35. The summed E-state index contributed by atoms with van der Waals surface area (Å²) < 4.78 is 0. The maximum absolute atomic E-state index is 12.5. The maximum Gasteiger partial charge on any atom is 0.225 e. The molecule has 30 heavy (non-hydrogen) atoms. The first kappa shape index (κ1) is 20.7. The maximum atomic E-state index is 12.5. The van der Waals surface area contributed by atoms with Crippen molar-refractivity contribution < 1.29 is 4.79 Å². The molecule has 7 nitrogen and oxygen atoms in total. The third-order valence-electron chi connectivity index (χ3n) is 6.21. The summed E-state index contributed by atoms with van der Waals surface area (Å²) in [5.41, 5.74) is 3.21. The van der Waals surface area contributed by atoms with Gasteiger partial charge in [0, 0.05) is 75.8 Å². The molecule has 0 radical (unpaired) electrons. The zero-order valence-corrected chi connectivity index (χ0v) is 18.1. The Kier molecular flexibility index (Phi) is 6.57. The number of likely N-dealkylation sites (tertiary alicyclic amines) is 1. The lowest BCUT2D eigenvalue weighted by molar-refractivity contribution is -0.132. The van der Waals surface area contributed by atoms with Crippen molar-refractivity contribution >= 4 is 11.9 Å². The summed E-state index contributed by atoms with van der Waals surface area (Å²) in [6.07, 6.45) is 9.18. The van der Waals surface area contributed by atoms with Crippen LogP contribution in [-0.2, 0) is 4.79 Å². The molecule has 0 bridgehead atoms. The molecule has 160 valence electrons. The van der Waals surface area contributed by atoms with Gasteiger partial charge in [-0.1, -0.05) is 6.92 Å². The van der Waals surface area contributed by atoms with Crippen molar-refractivity contribution in [3.8, 4) is 11.1 Å². The van der Waals surface area contributed by atoms with E-state index in [9.17, 15) is 4.79 Å². The number of piperidine rings is 1. The van der Waals surface area contributed by atoms with E-state index in [1.807, 2.05) is 35.6 Å². The molecular weight excluding hydrogens is 376 g/mol. The molecule has 2 fully saturated rings. The van der Waals surface area contributed by atoms with E-state index >= 15 is 0 Å². The molecule has 4 heterocycles. The number of amides is 1. The van der Waals surface area contributed by atoms with Gasteiger partial charge in [0.25, 0.3) is 0 Å². The number of piperazine rings is 1. The Bertz CT molecular complexity index is 850. The fourth-order valence-electron chi connectivity index (χ4n) is 4.41. The van der Waals surface area contributed by atoms with E-state index in [0.717, 1.165) is 81.3 Å². The van der Waals surface area contributed by atoms with Gasteiger partial charge in [-0.2, -0.15) is 0 Å². The third kappa shape index (κ3) is 4.61. The molecule has 2 saturated heterocycles. The molecule has 1 atom stereocenters. The molecule has 0 aliphatic carbocycles. The summed E-state index contributed by atoms with van der Waals surface area (Å²) >= 11 is 0. The summed E-state index contributed by atoms with van der Waals surface area (Å²) in [6.45, 7) is 7.59. The average molecular weight is 409 g/mol. The average Bonchev–Trinajstić information content (AvgIpc) is 2.80. The number of pyridine rings is 1. The van der Waals surface area contributed by atoms with E-state index in [1.165, 1.54) is 0 Å². The topological polar surface area (TPSA) is 65.5 Å². The highest BCUT2D eigenvalue weighted by Gasteiger charge is 2.28. The largest absolute Gasteiger partial charge is 0.342 e. The predicted octanol–water partition coefficient (Wildman–Crippen LogP) is 2.80. The van der Waals surface area contributed by atoms with Crippen LogP contribution in [0.1, 0.15) is 44.2 Å². The van der Waals surface area contributed by atoms with Gasteiger partial charge in [0.1, 0.15) is 0 Å². The van der Waals surface area contributed by atoms with Gasteiger partial charge in [0.2, 0.25) is 11.9 Å². The molecule has 1 amide bonds. The molecule has 2 aliphatic rings. The number of anilines is 1. The Morgan fingerprint density at radius 3 is 2.63 bits per heavy atom. The number of carbonyl (C=O) groups excluding carboxylic acids is 1. The predicted molar refractivity (Wildman–Crippen MR) is 118 cm³/mol. The van der Waals surface area contributed by atoms with Crippen LogP contribution in [0.5, 0.6) is 0 Å². The fraction of sp³-hybridized carbons (Fsp3) is 0.565. The van der Waals surface area contributed by atoms with Gasteiger partial charge in [-0.15, -0.1) is 0 Å². The number of rotatable bonds is 5. The second kappa shape index (κ2) is 9.51. The molecule has 0 saturated carbocycles. The molecular formula is C23H32N6O. The highest BCUT2D eigenvalue weighted by atomic mass is 16.2. The van der Waals surface area contributed by atoms with Crippen LogP contribution in [0.3, 0.4) is 0 Å². The Morgan fingerprint density at radius 1 is 1.13 bits per heavy atom. The Hall–Kier alpha value is -2.54. The van der Waals surface area contributed by atoms with Crippen molar-refractivity contribution in [2.75, 3.05) is 51.2 Å². The van der Waals surface area contributed by atoms with Crippen molar-refractivity contribution in [1.29, 1.82) is 0 Å². The first-order valence-electron chi connectivity index (χ1n) is 11.1. The van der Waals surface area contributed by atoms with E-state index in [4.69, 9.17) is 9.97 Å². The number of hydrogen-bond acceptors (Lipinski definition) is 6. The second-order valence-corrected chi connectivity index (χ2v) is 8.42. The van der Waals surface area contributed by atoms with Crippen LogP contribution < -0.4 is 4.90 Å². The first-order valence-corrected chi connectivity index (χ1v) is 11.1. The Morgan fingerprint density at radius 2 is 1.90 bits per heavy atom. The number of carbonyl (C=O) groups is 1. The molecule has 2 aromatic rings. The highest BCUT2D eigenvalue weighted by molar-refractivity contribution is 5.76. The molecule has 4 rings (SSSR count). The first-order chi connectivity index (χ1) is 14.7. The molecule has 0 spiro atoms. The fourth-order valence-corrected chi connectivity index (χ4v) is 4.41. The lowest BCUT2D eigenvalue weighted by atomic mass is 9.90. The highest BCUT2D eigenvalue weighted by Crippen LogP contribution is 2.34. The SMILES string of the molecule is CCCC(=O)N1CCC[C@H](c2nc(N3CCN(C)CC3)ncc2-c2ccncc2)C1. The molecule has 2 aromatic heterocycles. The van der Waals surface area contributed by atoms with Gasteiger partial charge in [-0.3, -0.25) is 9.78 Å². The molecule has 2 aliphatic heterocycles. The number of likely N-dealkylation sites (N-methyl/N-ethyl adjacent to an activating group) is 1. The number of hydrogen-bond donors (Lipinski definition) is 0. The zero-order valence-electron chi connectivity index (χ0n) is 18.1. The minimum atomic E-state index is 0.233. The quantitative estimate of drug-likeness (QED) is 0.758. The lowest BCUT2D eigenvalue weighted by Crippen LogP contribution is -2.45. The second-order valence-electron chi connectivity index (χ2n) is 8.42. The van der Waals surface area contributed by atoms with Crippen LogP contribution in [0, 0.1) is 0 Å². The minimum absolute atomic E-state index is 0.233. The van der Waals surface area contributed by atoms with Gasteiger partial charge in [0.05, 0.1) is 5.69 Å².